The number of carbonyl (C=O) groups excluding carboxylic acids is 1. The summed E-state index contributed by atoms with van der Waals surface area (Å²) in [6.45, 7) is 2.53. The molecule has 2 aromatic heterocycles. The molecule has 1 aliphatic rings. The summed E-state index contributed by atoms with van der Waals surface area (Å²) in [6.07, 6.45) is -3.61. The average Bonchev–Trinajstić information content (AvgIpc) is 3.43. The third-order valence-electron chi connectivity index (χ3n) is 7.75. The summed E-state index contributed by atoms with van der Waals surface area (Å²) >= 11 is 0. The molecule has 1 saturated heterocycles. The zero-order valence-corrected chi connectivity index (χ0v) is 24.2. The molecule has 2 aromatic carbocycles. The first-order valence-corrected chi connectivity index (χ1v) is 13.6. The van der Waals surface area contributed by atoms with E-state index in [2.05, 4.69) is 10.1 Å². The predicted molar refractivity (Wildman–Crippen MR) is 152 cm³/mol. The number of halogens is 3. The first-order chi connectivity index (χ1) is 20.6. The van der Waals surface area contributed by atoms with Crippen LogP contribution in [0.4, 0.5) is 13.2 Å². The van der Waals surface area contributed by atoms with Crippen LogP contribution in [0.25, 0.3) is 16.9 Å². The van der Waals surface area contributed by atoms with Gasteiger partial charge >= 0.3 is 6.18 Å². The van der Waals surface area contributed by atoms with Crippen LogP contribution < -0.4 is 14.2 Å². The third-order valence-corrected chi connectivity index (χ3v) is 7.75. The van der Waals surface area contributed by atoms with Gasteiger partial charge in [0.1, 0.15) is 11.3 Å². The van der Waals surface area contributed by atoms with Gasteiger partial charge in [0.2, 0.25) is 0 Å². The molecular weight excluding hydrogens is 567 g/mol. The normalized spacial score (nSPS) is 15.0. The number of nitrogens with zero attached hydrogens (tertiary/aromatic N) is 5. The van der Waals surface area contributed by atoms with Crippen molar-refractivity contribution in [1.82, 2.24) is 24.4 Å². The highest BCUT2D eigenvalue weighted by Gasteiger charge is 2.39. The quantitative estimate of drug-likeness (QED) is 0.321. The smallest absolute Gasteiger partial charge is 0.433 e. The lowest BCUT2D eigenvalue weighted by Gasteiger charge is -2.39. The molecule has 228 valence electrons. The minimum absolute atomic E-state index is 0.0260. The molecule has 0 radical (unpaired) electrons. The standard InChI is InChI=1S/C30H32F3N5O5/c1-18-25(19-8-10-20(41-2)11-9-19)35-28-22(16-34-38(28)27(18)30(31,32)33)29(40)37-14-12-36(13-15-37)23(17-39)21-6-5-7-24(42-3)26(21)43-4/h5-11,16,23,39H,12-15,17H2,1-4H3/t23-/m1/s1. The fraction of sp³-hybridized carbons (Fsp3) is 0.367. The van der Waals surface area contributed by atoms with E-state index in [9.17, 15) is 23.1 Å². The van der Waals surface area contributed by atoms with Crippen LogP contribution in [0.15, 0.2) is 48.7 Å². The Labute approximate surface area is 246 Å². The highest BCUT2D eigenvalue weighted by atomic mass is 19.4. The van der Waals surface area contributed by atoms with E-state index in [1.165, 1.54) is 28.3 Å². The van der Waals surface area contributed by atoms with Crippen molar-refractivity contribution in [3.63, 3.8) is 0 Å². The topological polar surface area (TPSA) is 102 Å². The zero-order chi connectivity index (χ0) is 30.9. The number of alkyl halides is 3. The molecule has 1 N–H and O–H groups in total. The molecule has 43 heavy (non-hydrogen) atoms. The van der Waals surface area contributed by atoms with Crippen LogP contribution in [-0.2, 0) is 6.18 Å². The minimum Gasteiger partial charge on any atom is -0.497 e. The van der Waals surface area contributed by atoms with Gasteiger partial charge in [0.05, 0.1) is 45.9 Å². The van der Waals surface area contributed by atoms with E-state index in [1.807, 2.05) is 17.0 Å². The molecule has 0 bridgehead atoms. The van der Waals surface area contributed by atoms with Gasteiger partial charge in [0.25, 0.3) is 5.91 Å². The van der Waals surface area contributed by atoms with Gasteiger partial charge in [-0.2, -0.15) is 18.3 Å². The van der Waals surface area contributed by atoms with Gasteiger partial charge in [-0.05, 0) is 37.3 Å². The number of hydrogen-bond acceptors (Lipinski definition) is 8. The Morgan fingerprint density at radius 2 is 1.70 bits per heavy atom. The second kappa shape index (κ2) is 12.1. The van der Waals surface area contributed by atoms with Crippen LogP contribution in [0.3, 0.4) is 0 Å². The Bertz CT molecular complexity index is 1620. The first-order valence-electron chi connectivity index (χ1n) is 13.6. The lowest BCUT2D eigenvalue weighted by molar-refractivity contribution is -0.143. The molecule has 10 nitrogen and oxygen atoms in total. The Hall–Kier alpha value is -4.36. The Morgan fingerprint density at radius 1 is 1.00 bits per heavy atom. The van der Waals surface area contributed by atoms with Crippen molar-refractivity contribution in [3.05, 3.63) is 71.0 Å². The molecule has 5 rings (SSSR count). The largest absolute Gasteiger partial charge is 0.497 e. The van der Waals surface area contributed by atoms with Crippen molar-refractivity contribution in [2.75, 3.05) is 54.1 Å². The highest BCUT2D eigenvalue weighted by molar-refractivity contribution is 6.00. The van der Waals surface area contributed by atoms with Gasteiger partial charge in [0, 0.05) is 42.9 Å². The summed E-state index contributed by atoms with van der Waals surface area (Å²) < 4.78 is 59.7. The molecule has 1 atom stereocenters. The van der Waals surface area contributed by atoms with Crippen LogP contribution in [-0.4, -0.2) is 89.5 Å². The molecule has 3 heterocycles. The molecule has 0 saturated carbocycles. The monoisotopic (exact) mass is 599 g/mol. The summed E-state index contributed by atoms with van der Waals surface area (Å²) in [7, 11) is 4.56. The number of aliphatic hydroxyl groups is 1. The second-order valence-corrected chi connectivity index (χ2v) is 10.1. The summed E-state index contributed by atoms with van der Waals surface area (Å²) in [5, 5.41) is 14.2. The van der Waals surface area contributed by atoms with E-state index < -0.39 is 23.8 Å². The van der Waals surface area contributed by atoms with E-state index in [-0.39, 0.29) is 42.2 Å². The van der Waals surface area contributed by atoms with Crippen LogP contribution in [0.1, 0.15) is 33.2 Å². The van der Waals surface area contributed by atoms with E-state index in [0.29, 0.717) is 40.4 Å². The summed E-state index contributed by atoms with van der Waals surface area (Å²) in [5.74, 6) is 1.13. The number of ether oxygens (including phenoxy) is 3. The van der Waals surface area contributed by atoms with Crippen molar-refractivity contribution < 1.29 is 37.3 Å². The molecule has 0 unspecified atom stereocenters. The highest BCUT2D eigenvalue weighted by Crippen LogP contribution is 2.38. The third kappa shape index (κ3) is 5.57. The maximum atomic E-state index is 14.3. The number of aromatic nitrogens is 3. The van der Waals surface area contributed by atoms with Crippen LogP contribution in [0, 0.1) is 6.92 Å². The average molecular weight is 600 g/mol. The van der Waals surface area contributed by atoms with Crippen LogP contribution >= 0.6 is 0 Å². The number of benzene rings is 2. The van der Waals surface area contributed by atoms with Gasteiger partial charge < -0.3 is 24.2 Å². The molecule has 1 aliphatic heterocycles. The lowest BCUT2D eigenvalue weighted by Crippen LogP contribution is -2.50. The van der Waals surface area contributed by atoms with Gasteiger partial charge in [-0.15, -0.1) is 0 Å². The molecular formula is C30H32F3N5O5. The number of aliphatic hydroxyl groups excluding tert-OH is 1. The molecule has 0 spiro atoms. The predicted octanol–water partition coefficient (Wildman–Crippen LogP) is 4.24. The number of piperazine rings is 1. The lowest BCUT2D eigenvalue weighted by atomic mass is 10.0. The van der Waals surface area contributed by atoms with Crippen molar-refractivity contribution in [1.29, 1.82) is 0 Å². The number of hydrogen-bond donors (Lipinski definition) is 1. The summed E-state index contributed by atoms with van der Waals surface area (Å²) in [6, 6.07) is 11.5. The summed E-state index contributed by atoms with van der Waals surface area (Å²) in [4.78, 5) is 21.8. The van der Waals surface area contributed by atoms with Crippen molar-refractivity contribution >= 4 is 11.6 Å². The number of fused-ring (bicyclic) bond motifs is 1. The Morgan fingerprint density at radius 3 is 2.28 bits per heavy atom. The SMILES string of the molecule is COc1ccc(-c2nc3c(C(=O)N4CCN([C@H](CO)c5cccc(OC)c5OC)CC4)cnn3c(C(F)(F)F)c2C)cc1. The first kappa shape index (κ1) is 30.1. The fourth-order valence-corrected chi connectivity index (χ4v) is 5.58. The maximum absolute atomic E-state index is 14.3. The maximum Gasteiger partial charge on any atom is 0.433 e. The fourth-order valence-electron chi connectivity index (χ4n) is 5.58. The van der Waals surface area contributed by atoms with E-state index in [4.69, 9.17) is 14.2 Å². The van der Waals surface area contributed by atoms with Gasteiger partial charge in [0.15, 0.2) is 22.8 Å². The van der Waals surface area contributed by atoms with Gasteiger partial charge in [-0.3, -0.25) is 9.69 Å². The molecule has 13 heteroatoms. The van der Waals surface area contributed by atoms with Gasteiger partial charge in [-0.1, -0.05) is 12.1 Å². The molecule has 1 fully saturated rings. The molecule has 0 aliphatic carbocycles. The second-order valence-electron chi connectivity index (χ2n) is 10.1. The van der Waals surface area contributed by atoms with Crippen LogP contribution in [0.2, 0.25) is 0 Å². The summed E-state index contributed by atoms with van der Waals surface area (Å²) in [5.41, 5.74) is -0.0130. The number of carbonyl (C=O) groups is 1. The molecule has 1 amide bonds. The van der Waals surface area contributed by atoms with E-state index >= 15 is 0 Å². The van der Waals surface area contributed by atoms with Crippen molar-refractivity contribution in [3.8, 4) is 28.5 Å². The van der Waals surface area contributed by atoms with Crippen molar-refractivity contribution in [2.24, 2.45) is 0 Å². The number of amides is 1. The van der Waals surface area contributed by atoms with E-state index in [1.54, 1.807) is 35.2 Å². The Kier molecular flexibility index (Phi) is 8.47. The van der Waals surface area contributed by atoms with E-state index in [0.717, 1.165) is 11.8 Å². The molecule has 4 aromatic rings. The van der Waals surface area contributed by atoms with Crippen LogP contribution in [0.5, 0.6) is 17.2 Å². The Balaban J connectivity index is 1.44. The number of methoxy groups -OCH3 is 3. The number of rotatable bonds is 8. The van der Waals surface area contributed by atoms with Gasteiger partial charge in [-0.25, -0.2) is 9.50 Å². The zero-order valence-electron chi connectivity index (χ0n) is 24.2. The minimum atomic E-state index is -4.75. The van der Waals surface area contributed by atoms with Crippen molar-refractivity contribution in [2.45, 2.75) is 19.1 Å². The number of para-hydroxylation sites is 1.